The lowest BCUT2D eigenvalue weighted by Crippen LogP contribution is -2.22. The van der Waals surface area contributed by atoms with Crippen LogP contribution in [-0.4, -0.2) is 11.2 Å². The normalized spacial score (nSPS) is 11.9. The molecule has 0 spiro atoms. The van der Waals surface area contributed by atoms with E-state index >= 15 is 0 Å². The maximum absolute atomic E-state index is 13.0. The van der Waals surface area contributed by atoms with Crippen molar-refractivity contribution in [2.24, 2.45) is 0 Å². The number of thioether (sulfide) groups is 1. The van der Waals surface area contributed by atoms with Crippen molar-refractivity contribution in [1.82, 2.24) is 0 Å². The minimum Gasteiger partial charge on any atom is -0.325 e. The fourth-order valence-corrected chi connectivity index (χ4v) is 2.45. The fourth-order valence-electron chi connectivity index (χ4n) is 1.58. The molecular weight excluding hydrogens is 280 g/mol. The van der Waals surface area contributed by atoms with Gasteiger partial charge in [-0.15, -0.1) is 11.8 Å². The van der Waals surface area contributed by atoms with Crippen molar-refractivity contribution in [3.63, 3.8) is 0 Å². The molecule has 0 saturated heterocycles. The summed E-state index contributed by atoms with van der Waals surface area (Å²) in [5.41, 5.74) is 0.418. The first kappa shape index (κ1) is 14.5. The molecule has 2 aromatic rings. The van der Waals surface area contributed by atoms with Crippen LogP contribution < -0.4 is 5.32 Å². The van der Waals surface area contributed by atoms with Crippen molar-refractivity contribution in [2.45, 2.75) is 17.1 Å². The Morgan fingerprint density at radius 3 is 2.45 bits per heavy atom. The van der Waals surface area contributed by atoms with Gasteiger partial charge in [0, 0.05) is 10.6 Å². The van der Waals surface area contributed by atoms with Crippen LogP contribution in [0.3, 0.4) is 0 Å². The van der Waals surface area contributed by atoms with Gasteiger partial charge in [-0.25, -0.2) is 8.78 Å². The van der Waals surface area contributed by atoms with Gasteiger partial charge in [0.15, 0.2) is 0 Å². The van der Waals surface area contributed by atoms with Crippen molar-refractivity contribution >= 4 is 23.4 Å². The molecule has 1 N–H and O–H groups in total. The zero-order chi connectivity index (χ0) is 14.5. The second-order valence-corrected chi connectivity index (χ2v) is 5.63. The van der Waals surface area contributed by atoms with Crippen molar-refractivity contribution in [1.29, 1.82) is 0 Å². The van der Waals surface area contributed by atoms with Crippen LogP contribution in [0.4, 0.5) is 14.5 Å². The Balaban J connectivity index is 1.96. The number of hydrogen-bond donors (Lipinski definition) is 1. The van der Waals surface area contributed by atoms with E-state index in [1.807, 2.05) is 0 Å². The van der Waals surface area contributed by atoms with Crippen LogP contribution in [0.25, 0.3) is 0 Å². The Labute approximate surface area is 120 Å². The highest BCUT2D eigenvalue weighted by Gasteiger charge is 2.14. The highest BCUT2D eigenvalue weighted by Crippen LogP contribution is 2.24. The van der Waals surface area contributed by atoms with Crippen LogP contribution >= 0.6 is 11.8 Å². The van der Waals surface area contributed by atoms with E-state index in [2.05, 4.69) is 5.32 Å². The monoisotopic (exact) mass is 293 g/mol. The number of carbonyl (C=O) groups is 1. The second-order valence-electron chi connectivity index (χ2n) is 4.21. The van der Waals surface area contributed by atoms with Gasteiger partial charge in [-0.2, -0.15) is 0 Å². The molecule has 2 aromatic carbocycles. The SMILES string of the molecule is C[C@H](Sc1ccc(F)cc1)C(=O)Nc1cccc(F)c1. The first-order chi connectivity index (χ1) is 9.54. The molecule has 1 amide bonds. The van der Waals surface area contributed by atoms with Gasteiger partial charge in [0.05, 0.1) is 5.25 Å². The van der Waals surface area contributed by atoms with Gasteiger partial charge in [0.1, 0.15) is 11.6 Å². The Hall–Kier alpha value is -1.88. The van der Waals surface area contributed by atoms with Gasteiger partial charge in [0.25, 0.3) is 0 Å². The molecule has 2 rings (SSSR count). The standard InChI is InChI=1S/C15H13F2NOS/c1-10(20-14-7-5-11(16)6-8-14)15(19)18-13-4-2-3-12(17)9-13/h2-10H,1H3,(H,18,19)/t10-/m0/s1. The zero-order valence-electron chi connectivity index (χ0n) is 10.8. The van der Waals surface area contributed by atoms with Crippen LogP contribution in [-0.2, 0) is 4.79 Å². The van der Waals surface area contributed by atoms with Crippen molar-refractivity contribution in [2.75, 3.05) is 5.32 Å². The first-order valence-electron chi connectivity index (χ1n) is 6.03. The summed E-state index contributed by atoms with van der Waals surface area (Å²) in [7, 11) is 0. The quantitative estimate of drug-likeness (QED) is 0.860. The fraction of sp³-hybridized carbons (Fsp3) is 0.133. The largest absolute Gasteiger partial charge is 0.325 e. The molecule has 0 bridgehead atoms. The van der Waals surface area contributed by atoms with E-state index in [9.17, 15) is 13.6 Å². The summed E-state index contributed by atoms with van der Waals surface area (Å²) in [5, 5.41) is 2.27. The van der Waals surface area contributed by atoms with Gasteiger partial charge in [-0.3, -0.25) is 4.79 Å². The van der Waals surface area contributed by atoms with Crippen LogP contribution in [0.2, 0.25) is 0 Å². The van der Waals surface area contributed by atoms with Crippen LogP contribution in [0.1, 0.15) is 6.92 Å². The lowest BCUT2D eigenvalue weighted by atomic mass is 10.3. The molecule has 0 fully saturated rings. The number of nitrogens with one attached hydrogen (secondary N) is 1. The van der Waals surface area contributed by atoms with Gasteiger partial charge >= 0.3 is 0 Å². The van der Waals surface area contributed by atoms with E-state index in [4.69, 9.17) is 0 Å². The van der Waals surface area contributed by atoms with Crippen molar-refractivity contribution < 1.29 is 13.6 Å². The summed E-state index contributed by atoms with van der Waals surface area (Å²) in [6.45, 7) is 1.74. The predicted molar refractivity (Wildman–Crippen MR) is 76.7 cm³/mol. The van der Waals surface area contributed by atoms with E-state index in [1.165, 1.54) is 42.1 Å². The first-order valence-corrected chi connectivity index (χ1v) is 6.91. The molecule has 1 atom stereocenters. The third-order valence-electron chi connectivity index (χ3n) is 2.59. The topological polar surface area (TPSA) is 29.1 Å². The average molecular weight is 293 g/mol. The van der Waals surface area contributed by atoms with Gasteiger partial charge < -0.3 is 5.32 Å². The van der Waals surface area contributed by atoms with E-state index < -0.39 is 5.82 Å². The predicted octanol–water partition coefficient (Wildman–Crippen LogP) is 4.08. The van der Waals surface area contributed by atoms with E-state index in [-0.39, 0.29) is 17.0 Å². The highest BCUT2D eigenvalue weighted by molar-refractivity contribution is 8.00. The molecule has 0 aliphatic heterocycles. The maximum atomic E-state index is 13.0. The summed E-state index contributed by atoms with van der Waals surface area (Å²) in [5.74, 6) is -0.946. The third kappa shape index (κ3) is 4.06. The number of rotatable bonds is 4. The highest BCUT2D eigenvalue weighted by atomic mass is 32.2. The van der Waals surface area contributed by atoms with Crippen LogP contribution in [0.5, 0.6) is 0 Å². The molecule has 0 aromatic heterocycles. The summed E-state index contributed by atoms with van der Waals surface area (Å²) in [4.78, 5) is 12.8. The Morgan fingerprint density at radius 2 is 1.80 bits per heavy atom. The minimum absolute atomic E-state index is 0.232. The third-order valence-corrected chi connectivity index (χ3v) is 3.70. The zero-order valence-corrected chi connectivity index (χ0v) is 11.6. The second kappa shape index (κ2) is 6.52. The lowest BCUT2D eigenvalue weighted by Gasteiger charge is -2.12. The number of carbonyl (C=O) groups excluding carboxylic acids is 1. The van der Waals surface area contributed by atoms with Crippen LogP contribution in [0.15, 0.2) is 53.4 Å². The lowest BCUT2D eigenvalue weighted by molar-refractivity contribution is -0.115. The van der Waals surface area contributed by atoms with E-state index in [0.717, 1.165) is 4.90 Å². The Bertz CT molecular complexity index is 601. The summed E-state index contributed by atoms with van der Waals surface area (Å²) < 4.78 is 25.8. The van der Waals surface area contributed by atoms with Gasteiger partial charge in [0.2, 0.25) is 5.91 Å². The molecule has 0 saturated carbocycles. The molecule has 0 unspecified atom stereocenters. The van der Waals surface area contributed by atoms with Crippen molar-refractivity contribution in [3.8, 4) is 0 Å². The van der Waals surface area contributed by atoms with Gasteiger partial charge in [-0.05, 0) is 49.4 Å². The van der Waals surface area contributed by atoms with Gasteiger partial charge in [-0.1, -0.05) is 6.07 Å². The van der Waals surface area contributed by atoms with E-state index in [1.54, 1.807) is 25.1 Å². The maximum Gasteiger partial charge on any atom is 0.237 e. The Morgan fingerprint density at radius 1 is 1.10 bits per heavy atom. The molecule has 0 radical (unpaired) electrons. The minimum atomic E-state index is -0.401. The molecule has 0 heterocycles. The molecule has 5 heteroatoms. The molecule has 20 heavy (non-hydrogen) atoms. The number of hydrogen-bond acceptors (Lipinski definition) is 2. The number of benzene rings is 2. The average Bonchev–Trinajstić information content (AvgIpc) is 2.41. The molecule has 104 valence electrons. The molecular formula is C15H13F2NOS. The van der Waals surface area contributed by atoms with Crippen LogP contribution in [0, 0.1) is 11.6 Å². The van der Waals surface area contributed by atoms with Crippen molar-refractivity contribution in [3.05, 3.63) is 60.2 Å². The molecule has 0 aliphatic carbocycles. The smallest absolute Gasteiger partial charge is 0.237 e. The number of halogens is 2. The summed E-state index contributed by atoms with van der Waals surface area (Å²) in [6, 6.07) is 11.6. The summed E-state index contributed by atoms with van der Waals surface area (Å²) >= 11 is 1.31. The number of amides is 1. The van der Waals surface area contributed by atoms with E-state index in [0.29, 0.717) is 5.69 Å². The summed E-state index contributed by atoms with van der Waals surface area (Å²) in [6.07, 6.45) is 0. The number of anilines is 1. The Kier molecular flexibility index (Phi) is 4.74. The molecule has 2 nitrogen and oxygen atoms in total. The molecule has 0 aliphatic rings.